The lowest BCUT2D eigenvalue weighted by molar-refractivity contribution is 0.0699. The minimum absolute atomic E-state index is 0.0735. The number of carboxylic acid groups (broad SMARTS) is 1. The number of rotatable bonds is 4. The van der Waals surface area contributed by atoms with E-state index in [0.29, 0.717) is 16.8 Å². The Morgan fingerprint density at radius 3 is 2.38 bits per heavy atom. The molecule has 1 N–H and O–H groups in total. The highest BCUT2D eigenvalue weighted by molar-refractivity contribution is 6.04. The lowest BCUT2D eigenvalue weighted by Crippen LogP contribution is -1.99. The highest BCUT2D eigenvalue weighted by Crippen LogP contribution is 2.35. The first-order chi connectivity index (χ1) is 12.6. The Morgan fingerprint density at radius 1 is 0.923 bits per heavy atom. The number of nitrogens with zero attached hydrogens (tertiary/aromatic N) is 1. The molecular formula is C21H14FNO3. The molecule has 4 rings (SSSR count). The van der Waals surface area contributed by atoms with Gasteiger partial charge in [-0.3, -0.25) is 4.57 Å². The first-order valence-electron chi connectivity index (χ1n) is 8.01. The van der Waals surface area contributed by atoms with Gasteiger partial charge in [0.2, 0.25) is 5.88 Å². The number of para-hydroxylation sites is 2. The van der Waals surface area contributed by atoms with Crippen molar-refractivity contribution in [3.8, 4) is 17.3 Å². The van der Waals surface area contributed by atoms with Crippen LogP contribution in [-0.4, -0.2) is 15.6 Å². The van der Waals surface area contributed by atoms with E-state index in [2.05, 4.69) is 0 Å². The average Bonchev–Trinajstić information content (AvgIpc) is 3.02. The molecule has 4 aromatic rings. The maximum absolute atomic E-state index is 14.0. The van der Waals surface area contributed by atoms with Gasteiger partial charge < -0.3 is 9.84 Å². The Balaban J connectivity index is 1.98. The number of aromatic nitrogens is 1. The molecule has 0 saturated heterocycles. The summed E-state index contributed by atoms with van der Waals surface area (Å²) < 4.78 is 21.6. The predicted octanol–water partition coefficient (Wildman–Crippen LogP) is 5.26. The maximum atomic E-state index is 14.0. The zero-order valence-corrected chi connectivity index (χ0v) is 13.6. The number of halogens is 1. The van der Waals surface area contributed by atoms with Crippen molar-refractivity contribution >= 4 is 16.9 Å². The van der Waals surface area contributed by atoms with Gasteiger partial charge in [-0.1, -0.05) is 36.4 Å². The molecule has 0 amide bonds. The minimum Gasteiger partial charge on any atom is -0.478 e. The lowest BCUT2D eigenvalue weighted by Gasteiger charge is -2.12. The van der Waals surface area contributed by atoms with Gasteiger partial charge in [-0.05, 0) is 36.4 Å². The van der Waals surface area contributed by atoms with Crippen molar-refractivity contribution in [1.82, 2.24) is 4.57 Å². The number of aromatic carboxylic acids is 1. The second-order valence-electron chi connectivity index (χ2n) is 5.73. The van der Waals surface area contributed by atoms with E-state index in [1.54, 1.807) is 28.8 Å². The molecule has 0 bridgehead atoms. The van der Waals surface area contributed by atoms with Crippen LogP contribution in [0.5, 0.6) is 11.6 Å². The fraction of sp³-hybridized carbons (Fsp3) is 0. The summed E-state index contributed by atoms with van der Waals surface area (Å²) in [6.45, 7) is 0. The van der Waals surface area contributed by atoms with E-state index in [-0.39, 0.29) is 11.3 Å². The van der Waals surface area contributed by atoms with Crippen LogP contribution in [0.2, 0.25) is 0 Å². The highest BCUT2D eigenvalue weighted by Gasteiger charge is 2.18. The van der Waals surface area contributed by atoms with Crippen LogP contribution in [0.3, 0.4) is 0 Å². The van der Waals surface area contributed by atoms with Crippen LogP contribution in [-0.2, 0) is 0 Å². The van der Waals surface area contributed by atoms with Crippen molar-refractivity contribution in [2.45, 2.75) is 0 Å². The van der Waals surface area contributed by atoms with Crippen molar-refractivity contribution in [2.75, 3.05) is 0 Å². The average molecular weight is 347 g/mol. The van der Waals surface area contributed by atoms with Crippen LogP contribution in [0.15, 0.2) is 78.9 Å². The molecule has 0 aliphatic carbocycles. The molecule has 0 aliphatic heterocycles. The van der Waals surface area contributed by atoms with Crippen molar-refractivity contribution < 1.29 is 19.0 Å². The first kappa shape index (κ1) is 15.9. The summed E-state index contributed by atoms with van der Waals surface area (Å²) in [6.07, 6.45) is 0. The van der Waals surface area contributed by atoms with Gasteiger partial charge in [0.1, 0.15) is 0 Å². The molecule has 0 aliphatic rings. The van der Waals surface area contributed by atoms with Gasteiger partial charge in [-0.25, -0.2) is 9.18 Å². The second-order valence-corrected chi connectivity index (χ2v) is 5.73. The van der Waals surface area contributed by atoms with Crippen LogP contribution in [0, 0.1) is 5.82 Å². The fourth-order valence-electron chi connectivity index (χ4n) is 2.95. The standard InChI is InChI=1S/C21H14FNO3/c22-17-10-4-5-12-19(17)26-20-13-16-15(21(24)25)9-6-11-18(16)23(20)14-7-2-1-3-8-14/h1-13H,(H,24,25). The van der Waals surface area contributed by atoms with E-state index in [9.17, 15) is 14.3 Å². The van der Waals surface area contributed by atoms with Gasteiger partial charge >= 0.3 is 5.97 Å². The summed E-state index contributed by atoms with van der Waals surface area (Å²) in [6, 6.07) is 22.1. The van der Waals surface area contributed by atoms with Gasteiger partial charge in [0.25, 0.3) is 0 Å². The van der Waals surface area contributed by atoms with Crippen LogP contribution in [0.4, 0.5) is 4.39 Å². The van der Waals surface area contributed by atoms with E-state index in [1.807, 2.05) is 36.4 Å². The number of hydrogen-bond acceptors (Lipinski definition) is 2. The van der Waals surface area contributed by atoms with Crippen molar-refractivity contribution in [3.63, 3.8) is 0 Å². The second kappa shape index (κ2) is 6.37. The molecule has 128 valence electrons. The van der Waals surface area contributed by atoms with Gasteiger partial charge in [-0.2, -0.15) is 0 Å². The molecule has 0 saturated carbocycles. The molecule has 4 nitrogen and oxygen atoms in total. The molecule has 3 aromatic carbocycles. The molecule has 5 heteroatoms. The van der Waals surface area contributed by atoms with E-state index in [1.165, 1.54) is 18.2 Å². The van der Waals surface area contributed by atoms with Crippen LogP contribution < -0.4 is 4.74 Å². The Kier molecular flexibility index (Phi) is 3.89. The van der Waals surface area contributed by atoms with Gasteiger partial charge in [0.05, 0.1) is 11.1 Å². The van der Waals surface area contributed by atoms with Crippen LogP contribution in [0.25, 0.3) is 16.6 Å². The molecule has 1 heterocycles. The van der Waals surface area contributed by atoms with Crippen LogP contribution in [0.1, 0.15) is 10.4 Å². The summed E-state index contributed by atoms with van der Waals surface area (Å²) >= 11 is 0. The SMILES string of the molecule is O=C(O)c1cccc2c1cc(Oc1ccccc1F)n2-c1ccccc1. The van der Waals surface area contributed by atoms with Crippen molar-refractivity contribution in [3.05, 3.63) is 90.2 Å². The normalized spacial score (nSPS) is 10.8. The largest absolute Gasteiger partial charge is 0.478 e. The van der Waals surface area contributed by atoms with Crippen molar-refractivity contribution in [2.24, 2.45) is 0 Å². The van der Waals surface area contributed by atoms with E-state index in [4.69, 9.17) is 4.74 Å². The van der Waals surface area contributed by atoms with E-state index >= 15 is 0 Å². The van der Waals surface area contributed by atoms with Crippen molar-refractivity contribution in [1.29, 1.82) is 0 Å². The minimum atomic E-state index is -1.03. The number of carbonyl (C=O) groups is 1. The van der Waals surface area contributed by atoms with E-state index in [0.717, 1.165) is 5.69 Å². The highest BCUT2D eigenvalue weighted by atomic mass is 19.1. The topological polar surface area (TPSA) is 51.5 Å². The molecule has 0 spiro atoms. The van der Waals surface area contributed by atoms with Crippen LogP contribution >= 0.6 is 0 Å². The third-order valence-corrected chi connectivity index (χ3v) is 4.11. The summed E-state index contributed by atoms with van der Waals surface area (Å²) in [5, 5.41) is 10.0. The Labute approximate surface area is 148 Å². The quantitative estimate of drug-likeness (QED) is 0.548. The third-order valence-electron chi connectivity index (χ3n) is 4.11. The molecule has 26 heavy (non-hydrogen) atoms. The number of ether oxygens (including phenoxy) is 1. The Hall–Kier alpha value is -3.60. The molecule has 0 fully saturated rings. The Morgan fingerprint density at radius 2 is 1.65 bits per heavy atom. The first-order valence-corrected chi connectivity index (χ1v) is 8.01. The lowest BCUT2D eigenvalue weighted by atomic mass is 10.1. The summed E-state index contributed by atoms with van der Waals surface area (Å²) in [5.74, 6) is -1.11. The Bertz CT molecular complexity index is 1100. The fourth-order valence-corrected chi connectivity index (χ4v) is 2.95. The zero-order chi connectivity index (χ0) is 18.1. The zero-order valence-electron chi connectivity index (χ0n) is 13.6. The number of carboxylic acids is 1. The van der Waals surface area contributed by atoms with Gasteiger partial charge in [0.15, 0.2) is 11.6 Å². The maximum Gasteiger partial charge on any atom is 0.336 e. The smallest absolute Gasteiger partial charge is 0.336 e. The molecule has 0 atom stereocenters. The molecular weight excluding hydrogens is 333 g/mol. The third kappa shape index (κ3) is 2.69. The number of fused-ring (bicyclic) bond motifs is 1. The molecule has 0 unspecified atom stereocenters. The van der Waals surface area contributed by atoms with Gasteiger partial charge in [-0.15, -0.1) is 0 Å². The predicted molar refractivity (Wildman–Crippen MR) is 96.7 cm³/mol. The summed E-state index contributed by atoms with van der Waals surface area (Å²) in [7, 11) is 0. The number of hydrogen-bond donors (Lipinski definition) is 1. The van der Waals surface area contributed by atoms with Gasteiger partial charge in [0, 0.05) is 17.1 Å². The molecule has 1 aromatic heterocycles. The monoisotopic (exact) mass is 347 g/mol. The van der Waals surface area contributed by atoms with E-state index < -0.39 is 11.8 Å². The number of benzene rings is 3. The summed E-state index contributed by atoms with van der Waals surface area (Å²) in [4.78, 5) is 11.6. The molecule has 0 radical (unpaired) electrons. The summed E-state index contributed by atoms with van der Waals surface area (Å²) in [5.41, 5.74) is 1.62.